The van der Waals surface area contributed by atoms with Gasteiger partial charge in [0.15, 0.2) is 0 Å². The van der Waals surface area contributed by atoms with Crippen molar-refractivity contribution in [2.24, 2.45) is 23.7 Å². The first-order valence-corrected chi connectivity index (χ1v) is 9.44. The number of anilines is 1. The average molecular weight is 365 g/mol. The van der Waals surface area contributed by atoms with Crippen LogP contribution in [0.25, 0.3) is 0 Å². The number of rotatable bonds is 1. The molecule has 1 aromatic carbocycles. The molecule has 6 heteroatoms. The monoisotopic (exact) mass is 365 g/mol. The van der Waals surface area contributed by atoms with Crippen LogP contribution in [0.2, 0.25) is 0 Å². The van der Waals surface area contributed by atoms with E-state index in [1.54, 1.807) is 19.1 Å². The number of carbonyl (C=O) groups excluding carboxylic acids is 1. The molecule has 1 atom stereocenters. The molecule has 0 spiro atoms. The third kappa shape index (κ3) is 1.97. The van der Waals surface area contributed by atoms with Gasteiger partial charge in [0, 0.05) is 11.6 Å². The molecule has 1 unspecified atom stereocenters. The van der Waals surface area contributed by atoms with Gasteiger partial charge >= 0.3 is 6.18 Å². The Morgan fingerprint density at radius 1 is 1.08 bits per heavy atom. The minimum Gasteiger partial charge on any atom is -0.368 e. The predicted molar refractivity (Wildman–Crippen MR) is 89.4 cm³/mol. The van der Waals surface area contributed by atoms with Crippen molar-refractivity contribution in [1.82, 2.24) is 0 Å². The fourth-order valence-corrected chi connectivity index (χ4v) is 6.44. The lowest BCUT2D eigenvalue weighted by Gasteiger charge is -2.56. The van der Waals surface area contributed by atoms with E-state index in [2.05, 4.69) is 0 Å². The smallest absolute Gasteiger partial charge is 0.368 e. The van der Waals surface area contributed by atoms with Crippen molar-refractivity contribution in [1.29, 1.82) is 0 Å². The summed E-state index contributed by atoms with van der Waals surface area (Å²) in [5, 5.41) is 10.6. The lowest BCUT2D eigenvalue weighted by molar-refractivity contribution is -0.253. The lowest BCUT2D eigenvalue weighted by Crippen LogP contribution is -2.60. The maximum Gasteiger partial charge on any atom is 0.430 e. The first kappa shape index (κ1) is 16.6. The van der Waals surface area contributed by atoms with E-state index >= 15 is 0 Å². The number of hydrogen-bond donors (Lipinski definition) is 1. The van der Waals surface area contributed by atoms with Crippen LogP contribution < -0.4 is 4.90 Å². The van der Waals surface area contributed by atoms with Gasteiger partial charge in [-0.2, -0.15) is 13.2 Å². The molecule has 1 aromatic rings. The summed E-state index contributed by atoms with van der Waals surface area (Å²) in [6, 6.07) is 4.40. The van der Waals surface area contributed by atoms with Crippen LogP contribution in [-0.4, -0.2) is 23.2 Å². The number of aliphatic hydroxyl groups is 1. The molecule has 3 nitrogen and oxygen atoms in total. The number of carbonyl (C=O) groups is 1. The van der Waals surface area contributed by atoms with Gasteiger partial charge in [-0.3, -0.25) is 4.79 Å². The van der Waals surface area contributed by atoms with Crippen LogP contribution in [-0.2, 0) is 10.4 Å². The number of benzene rings is 1. The van der Waals surface area contributed by atoms with Crippen molar-refractivity contribution in [3.05, 3.63) is 29.3 Å². The molecule has 4 fully saturated rings. The molecule has 0 saturated heterocycles. The van der Waals surface area contributed by atoms with Gasteiger partial charge in [0.25, 0.3) is 11.5 Å². The number of halogens is 3. The molecule has 4 aliphatic carbocycles. The van der Waals surface area contributed by atoms with Gasteiger partial charge in [0.05, 0.1) is 5.69 Å². The Morgan fingerprint density at radius 2 is 1.65 bits per heavy atom. The zero-order chi connectivity index (χ0) is 18.4. The molecule has 4 bridgehead atoms. The number of aryl methyl sites for hydroxylation is 1. The zero-order valence-corrected chi connectivity index (χ0v) is 14.6. The van der Waals surface area contributed by atoms with Crippen molar-refractivity contribution < 1.29 is 23.1 Å². The van der Waals surface area contributed by atoms with Crippen molar-refractivity contribution >= 4 is 11.6 Å². The van der Waals surface area contributed by atoms with Crippen LogP contribution in [0, 0.1) is 30.6 Å². The van der Waals surface area contributed by atoms with Crippen molar-refractivity contribution in [3.8, 4) is 0 Å². The van der Waals surface area contributed by atoms with Gasteiger partial charge in [-0.1, -0.05) is 17.7 Å². The standard InChI is InChI=1S/C20H22F3NO2/c1-10-2-3-16-15(4-10)19(26,20(21,22)23)18(25)24(16)17-13-6-11-5-12(8-13)9-14(17)7-11/h2-4,11-14,17,26H,5-9H2,1H3. The summed E-state index contributed by atoms with van der Waals surface area (Å²) in [6.45, 7) is 1.67. The van der Waals surface area contributed by atoms with Crippen molar-refractivity contribution in [3.63, 3.8) is 0 Å². The molecular weight excluding hydrogens is 343 g/mol. The maximum absolute atomic E-state index is 13.8. The summed E-state index contributed by atoms with van der Waals surface area (Å²) >= 11 is 0. The summed E-state index contributed by atoms with van der Waals surface area (Å²) < 4.78 is 41.4. The first-order valence-electron chi connectivity index (χ1n) is 9.44. The van der Waals surface area contributed by atoms with E-state index in [0.29, 0.717) is 17.4 Å². The highest BCUT2D eigenvalue weighted by Crippen LogP contribution is 2.59. The predicted octanol–water partition coefficient (Wildman–Crippen LogP) is 3.92. The fraction of sp³-hybridized carbons (Fsp3) is 0.650. The van der Waals surface area contributed by atoms with Crippen LogP contribution in [0.15, 0.2) is 18.2 Å². The van der Waals surface area contributed by atoms with Crippen LogP contribution in [0.4, 0.5) is 18.9 Å². The van der Waals surface area contributed by atoms with Gasteiger partial charge in [-0.05, 0) is 68.8 Å². The van der Waals surface area contributed by atoms with E-state index in [-0.39, 0.29) is 29.1 Å². The second-order valence-electron chi connectivity index (χ2n) is 8.83. The Balaban J connectivity index is 1.64. The number of alkyl halides is 3. The molecule has 6 rings (SSSR count). The normalized spacial score (nSPS) is 41.0. The van der Waals surface area contributed by atoms with E-state index < -0.39 is 17.7 Å². The fourth-order valence-electron chi connectivity index (χ4n) is 6.44. The molecule has 0 aromatic heterocycles. The van der Waals surface area contributed by atoms with E-state index in [4.69, 9.17) is 0 Å². The minimum atomic E-state index is -5.03. The Bertz CT molecular complexity index is 762. The van der Waals surface area contributed by atoms with E-state index in [1.165, 1.54) is 17.4 Å². The quantitative estimate of drug-likeness (QED) is 0.820. The van der Waals surface area contributed by atoms with Gasteiger partial charge in [0.1, 0.15) is 0 Å². The molecule has 1 amide bonds. The van der Waals surface area contributed by atoms with E-state index in [0.717, 1.165) is 25.7 Å². The molecule has 1 aliphatic heterocycles. The molecule has 1 heterocycles. The zero-order valence-electron chi connectivity index (χ0n) is 14.6. The summed E-state index contributed by atoms with van der Waals surface area (Å²) in [7, 11) is 0. The summed E-state index contributed by atoms with van der Waals surface area (Å²) in [4.78, 5) is 14.3. The van der Waals surface area contributed by atoms with E-state index in [9.17, 15) is 23.1 Å². The largest absolute Gasteiger partial charge is 0.430 e. The number of hydrogen-bond acceptors (Lipinski definition) is 2. The van der Waals surface area contributed by atoms with Gasteiger partial charge in [-0.15, -0.1) is 0 Å². The average Bonchev–Trinajstić information content (AvgIpc) is 2.76. The lowest BCUT2D eigenvalue weighted by atomic mass is 9.54. The first-order chi connectivity index (χ1) is 12.2. The Morgan fingerprint density at radius 3 is 2.19 bits per heavy atom. The number of fused-ring (bicyclic) bond motifs is 1. The number of nitrogens with zero attached hydrogens (tertiary/aromatic N) is 1. The van der Waals surface area contributed by atoms with Crippen molar-refractivity contribution in [2.75, 3.05) is 4.90 Å². The molecule has 5 aliphatic rings. The SMILES string of the molecule is Cc1ccc2c(c1)C(O)(C(F)(F)F)C(=O)N2C1C2CC3CC(C2)CC1C3. The molecule has 1 N–H and O–H groups in total. The molecule has 4 saturated carbocycles. The highest BCUT2D eigenvalue weighted by atomic mass is 19.4. The second-order valence-corrected chi connectivity index (χ2v) is 8.83. The minimum absolute atomic E-state index is 0.215. The second kappa shape index (κ2) is 5.03. The highest BCUT2D eigenvalue weighted by Gasteiger charge is 2.68. The third-order valence-corrected chi connectivity index (χ3v) is 7.22. The topological polar surface area (TPSA) is 40.5 Å². The Hall–Kier alpha value is -1.56. The van der Waals surface area contributed by atoms with Crippen LogP contribution in [0.5, 0.6) is 0 Å². The van der Waals surface area contributed by atoms with Gasteiger partial charge < -0.3 is 10.0 Å². The molecular formula is C20H22F3NO2. The Kier molecular flexibility index (Phi) is 3.21. The van der Waals surface area contributed by atoms with Crippen molar-refractivity contribution in [2.45, 2.75) is 56.8 Å². The summed E-state index contributed by atoms with van der Waals surface area (Å²) in [5.41, 5.74) is -2.88. The molecule has 0 radical (unpaired) electrons. The highest BCUT2D eigenvalue weighted by molar-refractivity contribution is 6.08. The summed E-state index contributed by atoms with van der Waals surface area (Å²) in [6.07, 6.45) is 0.170. The van der Waals surface area contributed by atoms with Crippen LogP contribution in [0.3, 0.4) is 0 Å². The van der Waals surface area contributed by atoms with E-state index in [1.807, 2.05) is 0 Å². The van der Waals surface area contributed by atoms with Crippen LogP contribution >= 0.6 is 0 Å². The molecule has 26 heavy (non-hydrogen) atoms. The molecule has 140 valence electrons. The van der Waals surface area contributed by atoms with Gasteiger partial charge in [0.2, 0.25) is 0 Å². The summed E-state index contributed by atoms with van der Waals surface area (Å²) in [5.74, 6) is 0.610. The maximum atomic E-state index is 13.8. The van der Waals surface area contributed by atoms with Crippen LogP contribution in [0.1, 0.15) is 43.2 Å². The van der Waals surface area contributed by atoms with Gasteiger partial charge in [-0.25, -0.2) is 0 Å². The third-order valence-electron chi connectivity index (χ3n) is 7.22. The number of amides is 1. The Labute approximate surface area is 150 Å².